The third-order valence-electron chi connectivity index (χ3n) is 2.89. The van der Waals surface area contributed by atoms with Crippen LogP contribution in [-0.2, 0) is 4.79 Å². The van der Waals surface area contributed by atoms with Crippen LogP contribution in [0.15, 0.2) is 11.6 Å². The highest BCUT2D eigenvalue weighted by Gasteiger charge is 2.89. The van der Waals surface area contributed by atoms with Gasteiger partial charge < -0.3 is 5.11 Å². The molecule has 0 saturated heterocycles. The van der Waals surface area contributed by atoms with Crippen molar-refractivity contribution < 1.29 is 62.6 Å². The number of rotatable bonds is 7. The number of hydrogen-bond donors (Lipinski definition) is 1. The van der Waals surface area contributed by atoms with Crippen molar-refractivity contribution in [3.05, 3.63) is 11.6 Å². The molecule has 2 nitrogen and oxygen atoms in total. The van der Waals surface area contributed by atoms with Crippen molar-refractivity contribution in [2.24, 2.45) is 0 Å². The fourth-order valence-electron chi connectivity index (χ4n) is 1.30. The van der Waals surface area contributed by atoms with Gasteiger partial charge in [0, 0.05) is 18.6 Å². The van der Waals surface area contributed by atoms with Crippen molar-refractivity contribution in [2.75, 3.05) is 0 Å². The van der Waals surface area contributed by atoms with Gasteiger partial charge in [-0.15, -0.1) is 0 Å². The zero-order chi connectivity index (χ0) is 20.9. The fraction of sp³-hybridized carbons (Fsp3) is 0.727. The van der Waals surface area contributed by atoms with Crippen molar-refractivity contribution in [3.8, 4) is 0 Å². The van der Waals surface area contributed by atoms with Crippen LogP contribution in [0.1, 0.15) is 13.8 Å². The molecule has 0 aromatic heterocycles. The van der Waals surface area contributed by atoms with E-state index in [9.17, 15) is 57.5 Å². The number of allylic oxidation sites excluding steroid dienone is 1. The molecule has 0 fully saturated rings. The smallest absolute Gasteiger partial charge is 0.385 e. The molecular formula is C11H8F12O2. The van der Waals surface area contributed by atoms with Crippen LogP contribution >= 0.6 is 0 Å². The first-order valence-corrected chi connectivity index (χ1v) is 5.77. The van der Waals surface area contributed by atoms with Gasteiger partial charge in [0.05, 0.1) is 0 Å². The van der Waals surface area contributed by atoms with E-state index in [1.54, 1.807) is 0 Å². The van der Waals surface area contributed by atoms with Crippen LogP contribution in [0.3, 0.4) is 0 Å². The van der Waals surface area contributed by atoms with E-state index in [0.29, 0.717) is 0 Å². The number of hydrogen-bond acceptors (Lipinski definition) is 1. The molecule has 1 N–H and O–H groups in total. The van der Waals surface area contributed by atoms with E-state index in [1.165, 1.54) is 0 Å². The molecule has 0 aliphatic heterocycles. The molecular weight excluding hydrogens is 392 g/mol. The molecule has 0 aliphatic rings. The minimum absolute atomic E-state index is 0.178. The lowest BCUT2D eigenvalue weighted by molar-refractivity contribution is -0.418. The maximum absolute atomic E-state index is 13.2. The molecule has 0 aliphatic carbocycles. The standard InChI is InChI=1S/C11H8F12O2/c1-4(5(24)25)3-7(14,15)9(18,19)11(22,23)10(20,21)8(16,17)6(2,12)13/h3H,1-2H3,(H,24,25). The van der Waals surface area contributed by atoms with Crippen molar-refractivity contribution in [3.63, 3.8) is 0 Å². The first-order valence-electron chi connectivity index (χ1n) is 5.77. The third-order valence-corrected chi connectivity index (χ3v) is 2.89. The Morgan fingerprint density at radius 2 is 1.04 bits per heavy atom. The Bertz CT molecular complexity index is 558. The summed E-state index contributed by atoms with van der Waals surface area (Å²) in [5.74, 6) is -44.6. The first-order chi connectivity index (χ1) is 10.6. The molecule has 0 atom stereocenters. The quantitative estimate of drug-likeness (QED) is 0.490. The van der Waals surface area contributed by atoms with E-state index in [4.69, 9.17) is 5.11 Å². The second-order valence-corrected chi connectivity index (χ2v) is 4.94. The molecule has 0 rings (SSSR count). The van der Waals surface area contributed by atoms with Gasteiger partial charge in [-0.1, -0.05) is 0 Å². The molecule has 0 amide bonds. The van der Waals surface area contributed by atoms with Gasteiger partial charge in [-0.25, -0.2) is 4.79 Å². The lowest BCUT2D eigenvalue weighted by Crippen LogP contribution is -2.70. The van der Waals surface area contributed by atoms with E-state index < -0.39 is 60.1 Å². The lowest BCUT2D eigenvalue weighted by atomic mass is 9.91. The average molecular weight is 400 g/mol. The van der Waals surface area contributed by atoms with Gasteiger partial charge in [-0.2, -0.15) is 52.7 Å². The van der Waals surface area contributed by atoms with Crippen molar-refractivity contribution in [2.45, 2.75) is 49.4 Å². The average Bonchev–Trinajstić information content (AvgIpc) is 2.35. The Morgan fingerprint density at radius 1 is 0.720 bits per heavy atom. The summed E-state index contributed by atoms with van der Waals surface area (Å²) < 4.78 is 156. The van der Waals surface area contributed by atoms with E-state index >= 15 is 0 Å². The number of alkyl halides is 12. The molecule has 0 aromatic rings. The minimum atomic E-state index is -7.69. The summed E-state index contributed by atoms with van der Waals surface area (Å²) in [4.78, 5) is 10.2. The first kappa shape index (κ1) is 23.4. The number of carbonyl (C=O) groups is 1. The van der Waals surface area contributed by atoms with Crippen LogP contribution in [0, 0.1) is 0 Å². The summed E-state index contributed by atoms with van der Waals surface area (Å²) in [6.07, 6.45) is -1.39. The van der Waals surface area contributed by atoms with Crippen LogP contribution in [0.5, 0.6) is 0 Å². The number of halogens is 12. The second kappa shape index (κ2) is 5.97. The Kier molecular flexibility index (Phi) is 5.58. The Morgan fingerprint density at radius 3 is 1.32 bits per heavy atom. The predicted molar refractivity (Wildman–Crippen MR) is 56.7 cm³/mol. The second-order valence-electron chi connectivity index (χ2n) is 4.94. The van der Waals surface area contributed by atoms with Gasteiger partial charge in [-0.3, -0.25) is 0 Å². The molecule has 25 heavy (non-hydrogen) atoms. The molecule has 0 bridgehead atoms. The number of carboxylic acid groups (broad SMARTS) is 1. The molecule has 0 aromatic carbocycles. The Balaban J connectivity index is 6.39. The summed E-state index contributed by atoms with van der Waals surface area (Å²) in [5, 5.41) is 8.21. The lowest BCUT2D eigenvalue weighted by Gasteiger charge is -2.40. The molecule has 0 radical (unpaired) electrons. The van der Waals surface area contributed by atoms with Crippen LogP contribution in [0.25, 0.3) is 0 Å². The zero-order valence-corrected chi connectivity index (χ0v) is 12.0. The number of aliphatic carboxylic acids is 1. The highest BCUT2D eigenvalue weighted by molar-refractivity contribution is 5.86. The normalized spacial score (nSPS) is 16.2. The summed E-state index contributed by atoms with van der Waals surface area (Å²) >= 11 is 0. The van der Waals surface area contributed by atoms with Crippen molar-refractivity contribution in [1.82, 2.24) is 0 Å². The van der Waals surface area contributed by atoms with Gasteiger partial charge in [0.15, 0.2) is 0 Å². The van der Waals surface area contributed by atoms with Crippen molar-refractivity contribution >= 4 is 5.97 Å². The minimum Gasteiger partial charge on any atom is -0.478 e. The van der Waals surface area contributed by atoms with Crippen LogP contribution in [0.4, 0.5) is 52.7 Å². The maximum Gasteiger partial charge on any atom is 0.385 e. The van der Waals surface area contributed by atoms with Crippen LogP contribution in [-0.4, -0.2) is 46.6 Å². The third kappa shape index (κ3) is 3.38. The van der Waals surface area contributed by atoms with E-state index in [1.807, 2.05) is 0 Å². The topological polar surface area (TPSA) is 37.3 Å². The number of carboxylic acids is 1. The fourth-order valence-corrected chi connectivity index (χ4v) is 1.30. The molecule has 148 valence electrons. The molecule has 0 unspecified atom stereocenters. The van der Waals surface area contributed by atoms with Gasteiger partial charge in [-0.05, 0) is 6.92 Å². The van der Waals surface area contributed by atoms with E-state index in [0.717, 1.165) is 0 Å². The predicted octanol–water partition coefficient (Wildman–Crippen LogP) is 4.85. The summed E-state index contributed by atoms with van der Waals surface area (Å²) in [5.41, 5.74) is -1.73. The molecule has 0 spiro atoms. The SMILES string of the molecule is CC(=CC(F)(F)C(F)(F)C(F)(F)C(F)(F)C(F)(F)C(C)(F)F)C(=O)O. The van der Waals surface area contributed by atoms with Crippen molar-refractivity contribution in [1.29, 1.82) is 0 Å². The van der Waals surface area contributed by atoms with E-state index in [-0.39, 0.29) is 6.92 Å². The molecule has 14 heteroatoms. The molecule has 0 saturated carbocycles. The van der Waals surface area contributed by atoms with Gasteiger partial charge in [0.1, 0.15) is 0 Å². The zero-order valence-electron chi connectivity index (χ0n) is 12.0. The Hall–Kier alpha value is -1.63. The van der Waals surface area contributed by atoms with E-state index in [2.05, 4.69) is 0 Å². The van der Waals surface area contributed by atoms with Gasteiger partial charge >= 0.3 is 41.5 Å². The monoisotopic (exact) mass is 400 g/mol. The van der Waals surface area contributed by atoms with Gasteiger partial charge in [0.2, 0.25) is 0 Å². The highest BCUT2D eigenvalue weighted by Crippen LogP contribution is 2.60. The van der Waals surface area contributed by atoms with Crippen LogP contribution < -0.4 is 0 Å². The Labute approximate surface area is 131 Å². The summed E-state index contributed by atoms with van der Waals surface area (Å²) in [7, 11) is 0. The van der Waals surface area contributed by atoms with Gasteiger partial charge in [0.25, 0.3) is 0 Å². The molecule has 0 heterocycles. The maximum atomic E-state index is 13.2. The summed E-state index contributed by atoms with van der Waals surface area (Å²) in [6.45, 7) is -0.834. The summed E-state index contributed by atoms with van der Waals surface area (Å²) in [6, 6.07) is 0. The largest absolute Gasteiger partial charge is 0.478 e. The highest BCUT2D eigenvalue weighted by atomic mass is 19.4. The van der Waals surface area contributed by atoms with Crippen LogP contribution in [0.2, 0.25) is 0 Å².